The Balaban J connectivity index is 0. The number of hydrogen-bond acceptors (Lipinski definition) is 5. The van der Waals surface area contributed by atoms with Gasteiger partial charge in [-0.2, -0.15) is 0 Å². The second kappa shape index (κ2) is 219. The van der Waals surface area contributed by atoms with Crippen molar-refractivity contribution >= 4 is 40.4 Å². The van der Waals surface area contributed by atoms with E-state index >= 15 is 0 Å². The molecule has 0 spiro atoms. The molecule has 0 aliphatic heterocycles. The molecular weight excluding hydrogens is 131 g/mol. The summed E-state index contributed by atoms with van der Waals surface area (Å²) in [6, 6.07) is 0. The molecule has 0 rings (SSSR count). The second-order valence-electron chi connectivity index (χ2n) is 0. The molecule has 0 saturated carbocycles. The molecule has 7 heteroatoms. The summed E-state index contributed by atoms with van der Waals surface area (Å²) in [5.74, 6) is 0. The summed E-state index contributed by atoms with van der Waals surface area (Å²) in [6.07, 6.45) is 0. The summed E-state index contributed by atoms with van der Waals surface area (Å²) in [7, 11) is 0. The third kappa shape index (κ3) is 153. The van der Waals surface area contributed by atoms with Crippen LogP contribution in [0, 0.1) is 0 Å². The van der Waals surface area contributed by atoms with E-state index in [0.717, 1.165) is 0 Å². The summed E-state index contributed by atoms with van der Waals surface area (Å²) in [5.41, 5.74) is 0. The Morgan fingerprint density at radius 3 is 0.429 bits per heavy atom. The average Bonchev–Trinajstić information content (AvgIpc) is 0. The molecule has 0 amide bonds. The molecule has 0 unspecified atom stereocenters. The molecule has 0 bridgehead atoms. The maximum absolute atomic E-state index is 0. The molecule has 0 aromatic rings. The van der Waals surface area contributed by atoms with Gasteiger partial charge >= 0.3 is 40.4 Å². The van der Waals surface area contributed by atoms with E-state index in [0.29, 0.717) is 0 Å². The van der Waals surface area contributed by atoms with Crippen LogP contribution in [0.4, 0.5) is 0 Å². The first-order valence-electron chi connectivity index (χ1n) is 0. The molecule has 0 aromatic heterocycles. The van der Waals surface area contributed by atoms with Gasteiger partial charge in [-0.15, -0.1) is 0 Å². The van der Waals surface area contributed by atoms with Gasteiger partial charge in [0.1, 0.15) is 0 Å². The Hall–Kier alpha value is 1.10. The van der Waals surface area contributed by atoms with Crippen molar-refractivity contribution in [1.82, 2.24) is 0 Å². The predicted molar refractivity (Wildman–Crippen MR) is 21.2 cm³/mol. The van der Waals surface area contributed by atoms with Gasteiger partial charge in [-0.1, -0.05) is 0 Å². The molecule has 0 heterocycles. The Bertz CT molecular complexity index is 8.04. The zero-order valence-electron chi connectivity index (χ0n) is 3.52. The van der Waals surface area contributed by atoms with Gasteiger partial charge in [0, 0.05) is 0 Å². The summed E-state index contributed by atoms with van der Waals surface area (Å²) in [6.45, 7) is 0. The molecule has 0 fully saturated rings. The van der Waals surface area contributed by atoms with Gasteiger partial charge < -0.3 is 27.4 Å². The Morgan fingerprint density at radius 2 is 0.429 bits per heavy atom. The topological polar surface area (TPSA) is 150 Å². The van der Waals surface area contributed by atoms with Crippen molar-refractivity contribution in [3.05, 3.63) is 0 Å². The first-order valence-corrected chi connectivity index (χ1v) is 0. The smallest absolute Gasteiger partial charge is 0.870 e. The minimum Gasteiger partial charge on any atom is -0.870 e. The van der Waals surface area contributed by atoms with Gasteiger partial charge in [-0.3, -0.25) is 0 Å². The van der Waals surface area contributed by atoms with Crippen LogP contribution in [0.15, 0.2) is 0 Å². The minimum atomic E-state index is 0. The Kier molecular flexibility index (Phi) is 10600. The van der Waals surface area contributed by atoms with Crippen LogP contribution in [0.25, 0.3) is 0 Å². The molecule has 0 aliphatic rings. The first kappa shape index (κ1) is 338. The van der Waals surface area contributed by atoms with Gasteiger partial charge in [-0.25, -0.2) is 0 Å². The van der Waals surface area contributed by atoms with E-state index < -0.39 is 0 Å². The Morgan fingerprint density at radius 1 is 0.429 bits per heavy atom. The van der Waals surface area contributed by atoms with Crippen molar-refractivity contribution in [2.75, 3.05) is 0 Å². The zero-order chi connectivity index (χ0) is 0. The summed E-state index contributed by atoms with van der Waals surface area (Å²) in [4.78, 5) is 0. The molecule has 7 heavy (non-hydrogen) atoms. The normalized spacial score (nSPS) is 0. The first-order chi connectivity index (χ1) is 0. The van der Waals surface area contributed by atoms with Crippen LogP contribution in [0.1, 0.15) is 0 Å². The van der Waals surface area contributed by atoms with Crippen LogP contribution < -0.4 is 0 Å². The van der Waals surface area contributed by atoms with Crippen molar-refractivity contribution in [3.63, 3.8) is 0 Å². The molecule has 0 radical (unpaired) electrons. The monoisotopic (exact) mass is 136 g/mol. The fourth-order valence-corrected chi connectivity index (χ4v) is 0. The van der Waals surface area contributed by atoms with Crippen LogP contribution >= 0.6 is 0 Å². The van der Waals surface area contributed by atoms with E-state index in [9.17, 15) is 0 Å². The molecule has 0 saturated heterocycles. The fourth-order valence-electron chi connectivity index (χ4n) is 0. The van der Waals surface area contributed by atoms with Gasteiger partial charge in [0.05, 0.1) is 0 Å². The third-order valence-electron chi connectivity index (χ3n) is 0. The van der Waals surface area contributed by atoms with Crippen molar-refractivity contribution in [2.24, 2.45) is 0 Å². The van der Waals surface area contributed by atoms with Crippen molar-refractivity contribution in [2.45, 2.75) is 0 Å². The minimum absolute atomic E-state index is 0. The maximum Gasteiger partial charge on any atom is 3.00 e. The largest absolute Gasteiger partial charge is 3.00 e. The fraction of sp³-hybridized carbons (Fsp3) is 0. The average molecular weight is 136 g/mol. The quantitative estimate of drug-likeness (QED) is 0.365. The molecule has 40 valence electrons. The van der Waals surface area contributed by atoms with Gasteiger partial charge in [0.25, 0.3) is 0 Å². The van der Waals surface area contributed by atoms with E-state index in [-0.39, 0.29) is 67.8 Å². The zero-order valence-corrected chi connectivity index (χ0v) is 6.09. The van der Waals surface area contributed by atoms with Gasteiger partial charge in [0.2, 0.25) is 0 Å². The van der Waals surface area contributed by atoms with E-state index in [4.69, 9.17) is 0 Å². The number of rotatable bonds is 0. The van der Waals surface area contributed by atoms with Gasteiger partial charge in [-0.05, 0) is 0 Å². The van der Waals surface area contributed by atoms with Crippen LogP contribution in [0.5, 0.6) is 0 Å². The molecule has 0 atom stereocenters. The Labute approximate surface area is 67.9 Å². The predicted octanol–water partition coefficient (Wildman–Crippen LogP) is -1.65. The van der Waals surface area contributed by atoms with E-state index in [1.54, 1.807) is 0 Å². The number of hydrogen-bond donors (Lipinski definition) is 0. The van der Waals surface area contributed by atoms with Crippen LogP contribution in [0.3, 0.4) is 0 Å². The van der Waals surface area contributed by atoms with Gasteiger partial charge in [0.15, 0.2) is 0 Å². The summed E-state index contributed by atoms with van der Waals surface area (Å²) >= 11 is 0. The summed E-state index contributed by atoms with van der Waals surface area (Å²) < 4.78 is 0. The standard InChI is InChI=1S/Al.Mg.5H2O/h;;5*1H2/q+3;+2;;;;;/p-5. The summed E-state index contributed by atoms with van der Waals surface area (Å²) in [5, 5.41) is 0. The molecular formula is H5AlMgO5. The van der Waals surface area contributed by atoms with Crippen LogP contribution in [0.2, 0.25) is 0 Å². The SMILES string of the molecule is [Al+3].[Mg+2].[OH-].[OH-].[OH-].[OH-].[OH-]. The second-order valence-corrected chi connectivity index (χ2v) is 0. The third-order valence-corrected chi connectivity index (χ3v) is 0. The van der Waals surface area contributed by atoms with Crippen molar-refractivity contribution in [1.29, 1.82) is 0 Å². The van der Waals surface area contributed by atoms with E-state index in [1.165, 1.54) is 0 Å². The van der Waals surface area contributed by atoms with E-state index in [2.05, 4.69) is 0 Å². The maximum atomic E-state index is 0. The molecule has 0 aromatic carbocycles. The van der Waals surface area contributed by atoms with Crippen molar-refractivity contribution < 1.29 is 27.4 Å². The molecule has 0 aliphatic carbocycles. The molecule has 5 nitrogen and oxygen atoms in total. The van der Waals surface area contributed by atoms with Crippen molar-refractivity contribution in [3.8, 4) is 0 Å². The molecule has 5 N–H and O–H groups in total. The van der Waals surface area contributed by atoms with Crippen LogP contribution in [-0.2, 0) is 0 Å². The van der Waals surface area contributed by atoms with E-state index in [1.807, 2.05) is 0 Å². The van der Waals surface area contributed by atoms with Crippen LogP contribution in [-0.4, -0.2) is 67.8 Å².